The summed E-state index contributed by atoms with van der Waals surface area (Å²) in [5.74, 6) is 2.16. The molecule has 0 amide bonds. The number of rotatable bonds is 5. The summed E-state index contributed by atoms with van der Waals surface area (Å²) in [5.41, 5.74) is 6.42. The van der Waals surface area contributed by atoms with E-state index in [1.54, 1.807) is 0 Å². The number of aromatic nitrogens is 3. The quantitative estimate of drug-likeness (QED) is 0.572. The van der Waals surface area contributed by atoms with Crippen LogP contribution < -0.4 is 25.0 Å². The molecule has 2 N–H and O–H groups in total. The lowest BCUT2D eigenvalue weighted by Crippen LogP contribution is -2.32. The van der Waals surface area contributed by atoms with E-state index >= 15 is 0 Å². The Kier molecular flexibility index (Phi) is 5.99. The largest absolute Gasteiger partial charge is 0.490 e. The molecule has 0 unspecified atom stereocenters. The number of hydrogen-bond donors (Lipinski definition) is 2. The van der Waals surface area contributed by atoms with Crippen LogP contribution in [0.25, 0.3) is 0 Å². The van der Waals surface area contributed by atoms with Crippen LogP contribution in [0.4, 0.5) is 23.0 Å². The molecule has 3 aliphatic heterocycles. The minimum atomic E-state index is 0.228. The second-order valence-electron chi connectivity index (χ2n) is 9.14. The molecule has 0 spiro atoms. The van der Waals surface area contributed by atoms with E-state index in [0.29, 0.717) is 25.0 Å². The molecule has 6 rings (SSSR count). The minimum Gasteiger partial charge on any atom is -0.490 e. The Morgan fingerprint density at radius 3 is 2.80 bits per heavy atom. The molecule has 9 nitrogen and oxygen atoms in total. The van der Waals surface area contributed by atoms with Crippen LogP contribution >= 0.6 is 0 Å². The standard InChI is InChI=1S/C26H30N6O3/c1-17-23(15-28-25-24(17)27-9-13-34-25)32-10-6-18-14-29-26(31-22(18)16-32)30-19-2-4-20(5-3-19)35-21-7-11-33-12-8-21/h2-5,14-15,21,27H,6-13,16H2,1H3,(H,29,30,31). The van der Waals surface area contributed by atoms with Gasteiger partial charge in [0.05, 0.1) is 37.3 Å². The monoisotopic (exact) mass is 474 g/mol. The molecule has 5 heterocycles. The fourth-order valence-corrected chi connectivity index (χ4v) is 4.83. The van der Waals surface area contributed by atoms with Crippen molar-refractivity contribution >= 4 is 23.0 Å². The van der Waals surface area contributed by atoms with Gasteiger partial charge in [0.25, 0.3) is 0 Å². The minimum absolute atomic E-state index is 0.228. The Hall–Kier alpha value is -3.59. The summed E-state index contributed by atoms with van der Waals surface area (Å²) in [5, 5.41) is 6.76. The molecule has 2 aromatic heterocycles. The van der Waals surface area contributed by atoms with Crippen molar-refractivity contribution in [2.24, 2.45) is 0 Å². The van der Waals surface area contributed by atoms with Crippen molar-refractivity contribution in [3.8, 4) is 11.6 Å². The van der Waals surface area contributed by atoms with Crippen LogP contribution in [0, 0.1) is 6.92 Å². The number of nitrogens with zero attached hydrogens (tertiary/aromatic N) is 4. The lowest BCUT2D eigenvalue weighted by atomic mass is 10.0. The molecule has 1 aromatic carbocycles. The fourth-order valence-electron chi connectivity index (χ4n) is 4.83. The van der Waals surface area contributed by atoms with Gasteiger partial charge in [0.2, 0.25) is 11.8 Å². The average Bonchev–Trinajstić information content (AvgIpc) is 2.90. The second-order valence-corrected chi connectivity index (χ2v) is 9.14. The summed E-state index contributed by atoms with van der Waals surface area (Å²) in [4.78, 5) is 16.3. The Labute approximate surface area is 204 Å². The van der Waals surface area contributed by atoms with Gasteiger partial charge >= 0.3 is 0 Å². The van der Waals surface area contributed by atoms with Crippen LogP contribution in [-0.2, 0) is 17.7 Å². The van der Waals surface area contributed by atoms with Crippen molar-refractivity contribution in [1.29, 1.82) is 0 Å². The van der Waals surface area contributed by atoms with Gasteiger partial charge in [-0.15, -0.1) is 0 Å². The normalized spacial score (nSPS) is 17.6. The summed E-state index contributed by atoms with van der Waals surface area (Å²) in [7, 11) is 0. The van der Waals surface area contributed by atoms with Gasteiger partial charge in [0.15, 0.2) is 0 Å². The first-order valence-electron chi connectivity index (χ1n) is 12.3. The summed E-state index contributed by atoms with van der Waals surface area (Å²) < 4.78 is 17.2. The van der Waals surface area contributed by atoms with Crippen LogP contribution in [0.15, 0.2) is 36.7 Å². The molecule has 0 aliphatic carbocycles. The van der Waals surface area contributed by atoms with Gasteiger partial charge in [-0.25, -0.2) is 15.0 Å². The Morgan fingerprint density at radius 2 is 1.94 bits per heavy atom. The van der Waals surface area contributed by atoms with Crippen LogP contribution in [0.3, 0.4) is 0 Å². The van der Waals surface area contributed by atoms with E-state index in [0.717, 1.165) is 79.6 Å². The molecule has 9 heteroatoms. The first kappa shape index (κ1) is 21.9. The first-order chi connectivity index (χ1) is 17.2. The van der Waals surface area contributed by atoms with Crippen molar-refractivity contribution < 1.29 is 14.2 Å². The molecule has 35 heavy (non-hydrogen) atoms. The van der Waals surface area contributed by atoms with Crippen molar-refractivity contribution in [2.75, 3.05) is 48.4 Å². The Morgan fingerprint density at radius 1 is 1.09 bits per heavy atom. The Balaban J connectivity index is 1.14. The van der Waals surface area contributed by atoms with E-state index in [1.165, 1.54) is 5.56 Å². The van der Waals surface area contributed by atoms with Crippen molar-refractivity contribution in [3.05, 3.63) is 53.5 Å². The number of anilines is 4. The third-order valence-electron chi connectivity index (χ3n) is 6.79. The Bertz CT molecular complexity index is 1200. The summed E-state index contributed by atoms with van der Waals surface area (Å²) in [6.45, 7) is 6.72. The predicted molar refractivity (Wildman–Crippen MR) is 134 cm³/mol. The number of benzene rings is 1. The molecule has 0 radical (unpaired) electrons. The van der Waals surface area contributed by atoms with Gasteiger partial charge in [-0.05, 0) is 43.2 Å². The van der Waals surface area contributed by atoms with Crippen LogP contribution in [0.1, 0.15) is 29.7 Å². The molecule has 3 aromatic rings. The number of ether oxygens (including phenoxy) is 3. The highest BCUT2D eigenvalue weighted by Crippen LogP contribution is 2.36. The van der Waals surface area contributed by atoms with Crippen molar-refractivity contribution in [2.45, 2.75) is 38.8 Å². The van der Waals surface area contributed by atoms with Gasteiger partial charge in [-0.2, -0.15) is 0 Å². The highest BCUT2D eigenvalue weighted by atomic mass is 16.5. The molecule has 0 bridgehead atoms. The van der Waals surface area contributed by atoms with Crippen molar-refractivity contribution in [1.82, 2.24) is 15.0 Å². The first-order valence-corrected chi connectivity index (χ1v) is 12.3. The molecule has 0 saturated carbocycles. The lowest BCUT2D eigenvalue weighted by Gasteiger charge is -2.32. The maximum Gasteiger partial charge on any atom is 0.237 e. The van der Waals surface area contributed by atoms with E-state index in [2.05, 4.69) is 32.4 Å². The third-order valence-corrected chi connectivity index (χ3v) is 6.79. The molecular weight excluding hydrogens is 444 g/mol. The lowest BCUT2D eigenvalue weighted by molar-refractivity contribution is 0.0256. The van der Waals surface area contributed by atoms with Gasteiger partial charge in [-0.1, -0.05) is 0 Å². The topological polar surface area (TPSA) is 93.7 Å². The van der Waals surface area contributed by atoms with Crippen LogP contribution in [-0.4, -0.2) is 54.0 Å². The SMILES string of the molecule is Cc1c(N2CCc3cnc(Nc4ccc(OC5CCOCC5)cc4)nc3C2)cnc2c1NCCO2. The van der Waals surface area contributed by atoms with Gasteiger partial charge < -0.3 is 29.7 Å². The van der Waals surface area contributed by atoms with Crippen LogP contribution in [0.5, 0.6) is 11.6 Å². The number of nitrogens with one attached hydrogen (secondary N) is 2. The molecule has 3 aliphatic rings. The molecule has 0 atom stereocenters. The molecule has 182 valence electrons. The van der Waals surface area contributed by atoms with E-state index in [-0.39, 0.29) is 6.10 Å². The highest BCUT2D eigenvalue weighted by molar-refractivity contribution is 5.70. The van der Waals surface area contributed by atoms with Gasteiger partial charge in [-0.3, -0.25) is 0 Å². The second kappa shape index (κ2) is 9.58. The van der Waals surface area contributed by atoms with Gasteiger partial charge in [0, 0.05) is 43.4 Å². The highest BCUT2D eigenvalue weighted by Gasteiger charge is 2.24. The zero-order valence-electron chi connectivity index (χ0n) is 19.9. The average molecular weight is 475 g/mol. The van der Waals surface area contributed by atoms with Crippen LogP contribution in [0.2, 0.25) is 0 Å². The number of pyridine rings is 1. The van der Waals surface area contributed by atoms with E-state index in [9.17, 15) is 0 Å². The molecule has 1 saturated heterocycles. The molecular formula is C26H30N6O3. The summed E-state index contributed by atoms with van der Waals surface area (Å²) in [6.07, 6.45) is 6.85. The number of fused-ring (bicyclic) bond motifs is 2. The fraction of sp³-hybridized carbons (Fsp3) is 0.423. The van der Waals surface area contributed by atoms with Crippen molar-refractivity contribution in [3.63, 3.8) is 0 Å². The van der Waals surface area contributed by atoms with Gasteiger partial charge in [0.1, 0.15) is 24.1 Å². The maximum atomic E-state index is 6.07. The zero-order chi connectivity index (χ0) is 23.6. The van der Waals surface area contributed by atoms with E-state index in [4.69, 9.17) is 19.2 Å². The summed E-state index contributed by atoms with van der Waals surface area (Å²) >= 11 is 0. The smallest absolute Gasteiger partial charge is 0.237 e. The van der Waals surface area contributed by atoms with E-state index in [1.807, 2.05) is 36.7 Å². The third kappa shape index (κ3) is 4.68. The summed E-state index contributed by atoms with van der Waals surface area (Å²) in [6, 6.07) is 7.98. The predicted octanol–water partition coefficient (Wildman–Crippen LogP) is 3.85. The number of hydrogen-bond acceptors (Lipinski definition) is 9. The van der Waals surface area contributed by atoms with E-state index < -0.39 is 0 Å². The molecule has 1 fully saturated rings. The maximum absolute atomic E-state index is 6.07. The zero-order valence-corrected chi connectivity index (χ0v) is 19.9.